The van der Waals surface area contributed by atoms with Crippen LogP contribution in [-0.4, -0.2) is 17.1 Å². The van der Waals surface area contributed by atoms with Crippen LogP contribution >= 0.6 is 0 Å². The first kappa shape index (κ1) is 12.2. The first-order valence-electron chi connectivity index (χ1n) is 4.06. The SMILES string of the molecule is C#C.N[C@@H](Cc1ccccc1)C(=O)O. The molecule has 1 rings (SSSR count). The predicted molar refractivity (Wildman–Crippen MR) is 55.6 cm³/mol. The molecule has 0 unspecified atom stereocenters. The van der Waals surface area contributed by atoms with Gasteiger partial charge in [-0.3, -0.25) is 4.79 Å². The average Bonchev–Trinajstić information content (AvgIpc) is 2.22. The van der Waals surface area contributed by atoms with E-state index in [1.807, 2.05) is 30.3 Å². The highest BCUT2D eigenvalue weighted by Crippen LogP contribution is 2.01. The molecule has 0 aromatic heterocycles. The van der Waals surface area contributed by atoms with E-state index in [9.17, 15) is 4.79 Å². The molecule has 0 radical (unpaired) electrons. The molecular formula is C11H13NO2. The van der Waals surface area contributed by atoms with Gasteiger partial charge in [-0.1, -0.05) is 30.3 Å². The summed E-state index contributed by atoms with van der Waals surface area (Å²) in [5.41, 5.74) is 6.30. The van der Waals surface area contributed by atoms with Gasteiger partial charge in [0.15, 0.2) is 0 Å². The fourth-order valence-corrected chi connectivity index (χ4v) is 0.955. The van der Waals surface area contributed by atoms with Crippen LogP contribution in [0.5, 0.6) is 0 Å². The molecular weight excluding hydrogens is 178 g/mol. The fraction of sp³-hybridized carbons (Fsp3) is 0.182. The molecule has 1 aromatic carbocycles. The predicted octanol–water partition coefficient (Wildman–Crippen LogP) is 0.890. The third kappa shape index (κ3) is 4.29. The summed E-state index contributed by atoms with van der Waals surface area (Å²) < 4.78 is 0. The van der Waals surface area contributed by atoms with Crippen molar-refractivity contribution in [3.8, 4) is 12.8 Å². The number of hydrogen-bond acceptors (Lipinski definition) is 2. The Kier molecular flexibility index (Phi) is 5.84. The molecule has 3 N–H and O–H groups in total. The lowest BCUT2D eigenvalue weighted by Gasteiger charge is -2.04. The molecule has 0 heterocycles. The Bertz CT molecular complexity index is 293. The van der Waals surface area contributed by atoms with E-state index in [0.29, 0.717) is 6.42 Å². The molecule has 0 fully saturated rings. The van der Waals surface area contributed by atoms with Crippen molar-refractivity contribution in [3.05, 3.63) is 35.9 Å². The number of hydrogen-bond donors (Lipinski definition) is 2. The second-order valence-electron chi connectivity index (χ2n) is 2.63. The van der Waals surface area contributed by atoms with Gasteiger partial charge in [0.25, 0.3) is 0 Å². The second-order valence-corrected chi connectivity index (χ2v) is 2.63. The summed E-state index contributed by atoms with van der Waals surface area (Å²) in [5, 5.41) is 8.52. The summed E-state index contributed by atoms with van der Waals surface area (Å²) in [5.74, 6) is -0.959. The largest absolute Gasteiger partial charge is 0.480 e. The lowest BCUT2D eigenvalue weighted by molar-refractivity contribution is -0.138. The molecule has 0 saturated heterocycles. The monoisotopic (exact) mass is 191 g/mol. The summed E-state index contributed by atoms with van der Waals surface area (Å²) in [4.78, 5) is 10.4. The van der Waals surface area contributed by atoms with Gasteiger partial charge >= 0.3 is 5.97 Å². The zero-order valence-corrected chi connectivity index (χ0v) is 7.76. The first-order valence-corrected chi connectivity index (χ1v) is 4.06. The number of carboxylic acids is 1. The number of carbonyl (C=O) groups is 1. The van der Waals surface area contributed by atoms with E-state index >= 15 is 0 Å². The maximum absolute atomic E-state index is 10.4. The molecule has 3 nitrogen and oxygen atoms in total. The summed E-state index contributed by atoms with van der Waals surface area (Å²) in [6, 6.07) is 8.54. The average molecular weight is 191 g/mol. The quantitative estimate of drug-likeness (QED) is 0.697. The zero-order chi connectivity index (χ0) is 11.0. The van der Waals surface area contributed by atoms with Crippen LogP contribution in [-0.2, 0) is 11.2 Å². The van der Waals surface area contributed by atoms with Gasteiger partial charge in [0.2, 0.25) is 0 Å². The van der Waals surface area contributed by atoms with Gasteiger partial charge in [0, 0.05) is 0 Å². The van der Waals surface area contributed by atoms with Crippen LogP contribution in [0.1, 0.15) is 5.56 Å². The van der Waals surface area contributed by atoms with Crippen LogP contribution in [0.25, 0.3) is 0 Å². The van der Waals surface area contributed by atoms with E-state index in [0.717, 1.165) is 5.56 Å². The van der Waals surface area contributed by atoms with E-state index in [-0.39, 0.29) is 0 Å². The first-order chi connectivity index (χ1) is 6.70. The summed E-state index contributed by atoms with van der Waals surface area (Å²) in [6.45, 7) is 0. The minimum atomic E-state index is -0.959. The molecule has 3 heteroatoms. The maximum Gasteiger partial charge on any atom is 0.320 e. The van der Waals surface area contributed by atoms with Gasteiger partial charge in [0.05, 0.1) is 0 Å². The molecule has 0 bridgehead atoms. The normalized spacial score (nSPS) is 10.8. The Morgan fingerprint density at radius 1 is 1.36 bits per heavy atom. The topological polar surface area (TPSA) is 63.3 Å². The number of carboxylic acid groups (broad SMARTS) is 1. The third-order valence-corrected chi connectivity index (χ3v) is 1.62. The minimum absolute atomic E-state index is 0.385. The van der Waals surface area contributed by atoms with Crippen molar-refractivity contribution >= 4 is 5.97 Å². The summed E-state index contributed by atoms with van der Waals surface area (Å²) in [7, 11) is 0. The Morgan fingerprint density at radius 3 is 2.29 bits per heavy atom. The van der Waals surface area contributed by atoms with Gasteiger partial charge in [-0.05, 0) is 12.0 Å². The van der Waals surface area contributed by atoms with Crippen molar-refractivity contribution in [2.24, 2.45) is 5.73 Å². The number of rotatable bonds is 3. The molecule has 1 atom stereocenters. The standard InChI is InChI=1S/C9H11NO2.C2H2/c10-8(9(11)12)6-7-4-2-1-3-5-7;1-2/h1-5,8H,6,10H2,(H,11,12);1-2H/t8-;/m0./s1. The zero-order valence-electron chi connectivity index (χ0n) is 7.76. The summed E-state index contributed by atoms with van der Waals surface area (Å²) in [6.07, 6.45) is 8.39. The molecule has 1 aromatic rings. The third-order valence-electron chi connectivity index (χ3n) is 1.62. The van der Waals surface area contributed by atoms with Crippen LogP contribution in [0, 0.1) is 12.8 Å². The lowest BCUT2D eigenvalue weighted by Crippen LogP contribution is -2.32. The summed E-state index contributed by atoms with van der Waals surface area (Å²) >= 11 is 0. The Hall–Kier alpha value is -1.79. The second kappa shape index (κ2) is 6.70. The molecule has 74 valence electrons. The van der Waals surface area contributed by atoms with Crippen molar-refractivity contribution in [1.29, 1.82) is 0 Å². The smallest absolute Gasteiger partial charge is 0.320 e. The Morgan fingerprint density at radius 2 is 1.86 bits per heavy atom. The van der Waals surface area contributed by atoms with Crippen LogP contribution in [0.3, 0.4) is 0 Å². The molecule has 0 aliphatic heterocycles. The fourth-order valence-electron chi connectivity index (χ4n) is 0.955. The molecule has 0 amide bonds. The number of nitrogens with two attached hydrogens (primary N) is 1. The molecule has 14 heavy (non-hydrogen) atoms. The van der Waals surface area contributed by atoms with E-state index in [1.54, 1.807) is 0 Å². The van der Waals surface area contributed by atoms with Crippen molar-refractivity contribution in [1.82, 2.24) is 0 Å². The molecule has 0 aliphatic rings. The van der Waals surface area contributed by atoms with Gasteiger partial charge in [0.1, 0.15) is 6.04 Å². The van der Waals surface area contributed by atoms with E-state index in [1.165, 1.54) is 0 Å². The lowest BCUT2D eigenvalue weighted by atomic mass is 10.1. The van der Waals surface area contributed by atoms with E-state index < -0.39 is 12.0 Å². The van der Waals surface area contributed by atoms with Gasteiger partial charge in [-0.15, -0.1) is 12.8 Å². The molecule has 0 aliphatic carbocycles. The van der Waals surface area contributed by atoms with Crippen LogP contribution in [0.2, 0.25) is 0 Å². The maximum atomic E-state index is 10.4. The highest BCUT2D eigenvalue weighted by molar-refractivity contribution is 5.73. The van der Waals surface area contributed by atoms with Crippen LogP contribution in [0.15, 0.2) is 30.3 Å². The number of aliphatic carboxylic acids is 1. The minimum Gasteiger partial charge on any atom is -0.480 e. The number of benzene rings is 1. The highest BCUT2D eigenvalue weighted by Gasteiger charge is 2.10. The van der Waals surface area contributed by atoms with E-state index in [2.05, 4.69) is 12.8 Å². The van der Waals surface area contributed by atoms with Crippen LogP contribution in [0.4, 0.5) is 0 Å². The van der Waals surface area contributed by atoms with Crippen molar-refractivity contribution in [2.45, 2.75) is 12.5 Å². The molecule has 0 spiro atoms. The van der Waals surface area contributed by atoms with E-state index in [4.69, 9.17) is 10.8 Å². The highest BCUT2D eigenvalue weighted by atomic mass is 16.4. The van der Waals surface area contributed by atoms with Crippen molar-refractivity contribution < 1.29 is 9.90 Å². The molecule has 0 saturated carbocycles. The number of terminal acetylenes is 1. The Labute approximate surface area is 83.6 Å². The van der Waals surface area contributed by atoms with Crippen LogP contribution < -0.4 is 5.73 Å². The van der Waals surface area contributed by atoms with Gasteiger partial charge in [-0.2, -0.15) is 0 Å². The van der Waals surface area contributed by atoms with Gasteiger partial charge < -0.3 is 10.8 Å². The Balaban J connectivity index is 0.000000791. The van der Waals surface area contributed by atoms with Crippen molar-refractivity contribution in [3.63, 3.8) is 0 Å². The van der Waals surface area contributed by atoms with Gasteiger partial charge in [-0.25, -0.2) is 0 Å². The van der Waals surface area contributed by atoms with Crippen molar-refractivity contribution in [2.75, 3.05) is 0 Å².